The zero-order valence-corrected chi connectivity index (χ0v) is 18.4. The highest BCUT2D eigenvalue weighted by molar-refractivity contribution is 5.96. The number of hydrogen-bond donors (Lipinski definition) is 1. The van der Waals surface area contributed by atoms with Crippen molar-refractivity contribution in [3.63, 3.8) is 0 Å². The van der Waals surface area contributed by atoms with Crippen LogP contribution in [0.3, 0.4) is 0 Å². The number of nitrogens with zero attached hydrogens (tertiary/aromatic N) is 3. The predicted molar refractivity (Wildman–Crippen MR) is 123 cm³/mol. The number of ether oxygens (including phenoxy) is 1. The van der Waals surface area contributed by atoms with Crippen molar-refractivity contribution in [2.45, 2.75) is 19.8 Å². The number of carbonyl (C=O) groups excluding carboxylic acids is 2. The van der Waals surface area contributed by atoms with E-state index in [9.17, 15) is 9.59 Å². The molecule has 1 N–H and O–H groups in total. The number of fused-ring (bicyclic) bond motifs is 3. The molecule has 0 saturated carbocycles. The molecule has 1 fully saturated rings. The Hall–Kier alpha value is -3.61. The van der Waals surface area contributed by atoms with Gasteiger partial charge in [-0.15, -0.1) is 0 Å². The van der Waals surface area contributed by atoms with Crippen LogP contribution in [0.2, 0.25) is 0 Å². The van der Waals surface area contributed by atoms with Gasteiger partial charge < -0.3 is 14.5 Å². The van der Waals surface area contributed by atoms with E-state index in [4.69, 9.17) is 4.74 Å². The second-order valence-corrected chi connectivity index (χ2v) is 8.33. The number of hydrogen-bond acceptors (Lipinski definition) is 5. The van der Waals surface area contributed by atoms with Gasteiger partial charge in [-0.2, -0.15) is 5.10 Å². The number of methoxy groups -OCH3 is 1. The molecule has 7 heteroatoms. The Morgan fingerprint density at radius 3 is 2.44 bits per heavy atom. The van der Waals surface area contributed by atoms with E-state index in [1.807, 2.05) is 41.3 Å². The molecule has 2 aromatic carbocycles. The molecule has 0 radical (unpaired) electrons. The molecule has 2 heterocycles. The summed E-state index contributed by atoms with van der Waals surface area (Å²) < 4.78 is 5.34. The van der Waals surface area contributed by atoms with Crippen molar-refractivity contribution >= 4 is 17.4 Å². The molecular formula is C25H26N4O3. The zero-order valence-electron chi connectivity index (χ0n) is 18.4. The Bertz CT molecular complexity index is 1170. The summed E-state index contributed by atoms with van der Waals surface area (Å²) >= 11 is 0. The maximum Gasteiger partial charge on any atom is 0.272 e. The average Bonchev–Trinajstić information content (AvgIpc) is 3.28. The van der Waals surface area contributed by atoms with Gasteiger partial charge in [0.1, 0.15) is 11.4 Å². The van der Waals surface area contributed by atoms with E-state index < -0.39 is 0 Å². The van der Waals surface area contributed by atoms with Crippen LogP contribution in [-0.2, 0) is 12.8 Å². The number of aromatic nitrogens is 2. The summed E-state index contributed by atoms with van der Waals surface area (Å²) in [7, 11) is 1.67. The molecular weight excluding hydrogens is 404 g/mol. The largest absolute Gasteiger partial charge is 0.497 e. The lowest BCUT2D eigenvalue weighted by Crippen LogP contribution is -2.49. The minimum Gasteiger partial charge on any atom is -0.497 e. The van der Waals surface area contributed by atoms with Gasteiger partial charge in [0.05, 0.1) is 12.8 Å². The van der Waals surface area contributed by atoms with Crippen LogP contribution in [0.1, 0.15) is 38.9 Å². The number of H-pyrrole nitrogens is 1. The smallest absolute Gasteiger partial charge is 0.272 e. The van der Waals surface area contributed by atoms with Crippen molar-refractivity contribution in [2.24, 2.45) is 0 Å². The van der Waals surface area contributed by atoms with Crippen molar-refractivity contribution < 1.29 is 14.3 Å². The summed E-state index contributed by atoms with van der Waals surface area (Å²) in [6.07, 6.45) is 1.65. The van der Waals surface area contributed by atoms with Crippen LogP contribution in [-0.4, -0.2) is 60.1 Å². The Balaban J connectivity index is 1.29. The Labute approximate surface area is 187 Å². The number of carbonyl (C=O) groups is 2. The molecule has 1 amide bonds. The third kappa shape index (κ3) is 3.53. The minimum atomic E-state index is 0.0160. The monoisotopic (exact) mass is 430 g/mol. The highest BCUT2D eigenvalue weighted by Crippen LogP contribution is 2.35. The lowest BCUT2D eigenvalue weighted by Gasteiger charge is -2.36. The number of benzene rings is 2. The normalized spacial score (nSPS) is 15.2. The van der Waals surface area contributed by atoms with Crippen molar-refractivity contribution in [2.75, 3.05) is 38.2 Å². The van der Waals surface area contributed by atoms with Crippen molar-refractivity contribution in [1.82, 2.24) is 15.1 Å². The third-order valence-corrected chi connectivity index (χ3v) is 6.50. The van der Waals surface area contributed by atoms with Crippen LogP contribution in [0, 0.1) is 0 Å². The Morgan fingerprint density at radius 1 is 1.00 bits per heavy atom. The molecule has 3 aromatic rings. The lowest BCUT2D eigenvalue weighted by atomic mass is 9.88. The molecule has 1 aliphatic heterocycles. The summed E-state index contributed by atoms with van der Waals surface area (Å²) in [4.78, 5) is 28.9. The van der Waals surface area contributed by atoms with Crippen LogP contribution in [0.4, 0.5) is 5.69 Å². The number of ketones is 1. The first-order valence-electron chi connectivity index (χ1n) is 10.9. The van der Waals surface area contributed by atoms with Crippen molar-refractivity contribution in [3.8, 4) is 17.0 Å². The van der Waals surface area contributed by atoms with Crippen LogP contribution in [0.25, 0.3) is 11.3 Å². The number of piperazine rings is 1. The number of nitrogens with one attached hydrogen (secondary N) is 1. The fraction of sp³-hybridized carbons (Fsp3) is 0.320. The minimum absolute atomic E-state index is 0.0160. The summed E-state index contributed by atoms with van der Waals surface area (Å²) in [6.45, 7) is 4.38. The molecule has 5 rings (SSSR count). The fourth-order valence-electron chi connectivity index (χ4n) is 4.64. The van der Waals surface area contributed by atoms with Gasteiger partial charge in [-0.25, -0.2) is 0 Å². The van der Waals surface area contributed by atoms with Gasteiger partial charge in [-0.3, -0.25) is 14.7 Å². The van der Waals surface area contributed by atoms with Crippen LogP contribution < -0.4 is 9.64 Å². The first kappa shape index (κ1) is 20.3. The second-order valence-electron chi connectivity index (χ2n) is 8.33. The highest BCUT2D eigenvalue weighted by atomic mass is 16.5. The molecule has 1 saturated heterocycles. The highest BCUT2D eigenvalue weighted by Gasteiger charge is 2.29. The summed E-state index contributed by atoms with van der Waals surface area (Å²) in [6, 6.07) is 13.7. The van der Waals surface area contributed by atoms with Gasteiger partial charge in [-0.1, -0.05) is 0 Å². The van der Waals surface area contributed by atoms with E-state index in [0.29, 0.717) is 24.3 Å². The van der Waals surface area contributed by atoms with Gasteiger partial charge in [0, 0.05) is 48.6 Å². The van der Waals surface area contributed by atoms with Gasteiger partial charge in [0.2, 0.25) is 0 Å². The van der Waals surface area contributed by atoms with E-state index in [1.54, 1.807) is 14.0 Å². The molecule has 32 heavy (non-hydrogen) atoms. The number of aryl methyl sites for hydroxylation is 1. The molecule has 0 bridgehead atoms. The first-order valence-corrected chi connectivity index (χ1v) is 10.9. The predicted octanol–water partition coefficient (Wildman–Crippen LogP) is 3.35. The van der Waals surface area contributed by atoms with Gasteiger partial charge in [0.15, 0.2) is 5.78 Å². The number of aromatic amines is 1. The Morgan fingerprint density at radius 2 is 1.75 bits per heavy atom. The molecule has 0 atom stereocenters. The number of rotatable bonds is 4. The standard InChI is InChI=1S/C25H26N4O3/c1-16(30)17-3-6-19(7-4-17)28-11-13-29(14-12-28)25(31)24-22-9-5-18-15-20(32-2)8-10-21(18)23(22)26-27-24/h3-4,6-8,10,15H,5,9,11-14H2,1-2H3,(H,26,27). The van der Waals surface area contributed by atoms with Crippen LogP contribution in [0.5, 0.6) is 5.75 Å². The van der Waals surface area contributed by atoms with Crippen molar-refractivity contribution in [3.05, 3.63) is 64.8 Å². The summed E-state index contributed by atoms with van der Waals surface area (Å²) in [5, 5.41) is 7.53. The topological polar surface area (TPSA) is 78.5 Å². The van der Waals surface area contributed by atoms with E-state index in [0.717, 1.165) is 54.2 Å². The van der Waals surface area contributed by atoms with E-state index in [-0.39, 0.29) is 11.7 Å². The summed E-state index contributed by atoms with van der Waals surface area (Å²) in [5.41, 5.74) is 6.56. The zero-order chi connectivity index (χ0) is 22.2. The molecule has 0 spiro atoms. The summed E-state index contributed by atoms with van der Waals surface area (Å²) in [5.74, 6) is 0.923. The third-order valence-electron chi connectivity index (χ3n) is 6.50. The molecule has 1 aliphatic carbocycles. The number of amides is 1. The van der Waals surface area contributed by atoms with Gasteiger partial charge >= 0.3 is 0 Å². The lowest BCUT2D eigenvalue weighted by molar-refractivity contribution is 0.0739. The second kappa shape index (κ2) is 8.15. The molecule has 164 valence electrons. The maximum atomic E-state index is 13.3. The van der Waals surface area contributed by atoms with Crippen LogP contribution >= 0.6 is 0 Å². The maximum absolute atomic E-state index is 13.3. The Kier molecular flexibility index (Phi) is 5.17. The number of anilines is 1. The van der Waals surface area contributed by atoms with E-state index in [1.165, 1.54) is 5.56 Å². The molecule has 2 aliphatic rings. The SMILES string of the molecule is COc1ccc2c(c1)CCc1c-2n[nH]c1C(=O)N1CCN(c2ccc(C(C)=O)cc2)CC1. The fourth-order valence-corrected chi connectivity index (χ4v) is 4.64. The van der Waals surface area contributed by atoms with Crippen LogP contribution in [0.15, 0.2) is 42.5 Å². The van der Waals surface area contributed by atoms with Gasteiger partial charge in [-0.05, 0) is 67.8 Å². The van der Waals surface area contributed by atoms with E-state index >= 15 is 0 Å². The van der Waals surface area contributed by atoms with Gasteiger partial charge in [0.25, 0.3) is 5.91 Å². The van der Waals surface area contributed by atoms with Crippen molar-refractivity contribution in [1.29, 1.82) is 0 Å². The number of Topliss-reactive ketones (excluding diaryl/α,β-unsaturated/α-hetero) is 1. The molecule has 0 unspecified atom stereocenters. The quantitative estimate of drug-likeness (QED) is 0.643. The molecule has 1 aromatic heterocycles. The first-order chi connectivity index (χ1) is 15.5. The average molecular weight is 431 g/mol. The van der Waals surface area contributed by atoms with E-state index in [2.05, 4.69) is 21.2 Å². The molecule has 7 nitrogen and oxygen atoms in total.